The SMILES string of the molecule is CC(C)(Oc1ccc(C(=O)C=Cc2cc(Br)c(O)c(Br)c2)c(O)c1)C(=O)O. The van der Waals surface area contributed by atoms with Gasteiger partial charge in [0.1, 0.15) is 17.2 Å². The Morgan fingerprint density at radius 1 is 1.07 bits per heavy atom. The van der Waals surface area contributed by atoms with Crippen LogP contribution >= 0.6 is 31.9 Å². The van der Waals surface area contributed by atoms with Crippen LogP contribution in [0, 0.1) is 0 Å². The largest absolute Gasteiger partial charge is 0.507 e. The maximum absolute atomic E-state index is 12.3. The van der Waals surface area contributed by atoms with Crippen LogP contribution in [0.3, 0.4) is 0 Å². The molecule has 27 heavy (non-hydrogen) atoms. The number of phenols is 2. The minimum atomic E-state index is -1.47. The van der Waals surface area contributed by atoms with Crippen molar-refractivity contribution < 1.29 is 29.6 Å². The number of hydrogen-bond acceptors (Lipinski definition) is 5. The highest BCUT2D eigenvalue weighted by Gasteiger charge is 2.29. The Labute approximate surface area is 172 Å². The van der Waals surface area contributed by atoms with Gasteiger partial charge in [-0.05, 0) is 81.6 Å². The summed E-state index contributed by atoms with van der Waals surface area (Å²) in [5.74, 6) is -1.74. The third-order valence-electron chi connectivity index (χ3n) is 3.59. The van der Waals surface area contributed by atoms with Crippen molar-refractivity contribution in [2.45, 2.75) is 19.4 Å². The van der Waals surface area contributed by atoms with Crippen molar-refractivity contribution in [1.29, 1.82) is 0 Å². The molecule has 0 aliphatic carbocycles. The summed E-state index contributed by atoms with van der Waals surface area (Å²) >= 11 is 6.42. The Hall–Kier alpha value is -2.32. The molecule has 2 rings (SSSR count). The van der Waals surface area contributed by atoms with Crippen molar-refractivity contribution in [1.82, 2.24) is 0 Å². The van der Waals surface area contributed by atoms with Gasteiger partial charge in [0.05, 0.1) is 14.5 Å². The number of aromatic hydroxyl groups is 2. The Morgan fingerprint density at radius 3 is 2.19 bits per heavy atom. The third kappa shape index (κ3) is 5.11. The number of rotatable bonds is 6. The lowest BCUT2D eigenvalue weighted by atomic mass is 10.1. The van der Waals surface area contributed by atoms with Crippen molar-refractivity contribution >= 4 is 49.7 Å². The van der Waals surface area contributed by atoms with E-state index in [-0.39, 0.29) is 22.8 Å². The van der Waals surface area contributed by atoms with Crippen LogP contribution in [0.15, 0.2) is 45.4 Å². The molecule has 0 atom stereocenters. The molecule has 0 aromatic heterocycles. The first-order chi connectivity index (χ1) is 12.5. The summed E-state index contributed by atoms with van der Waals surface area (Å²) in [4.78, 5) is 23.4. The summed E-state index contributed by atoms with van der Waals surface area (Å²) in [7, 11) is 0. The molecule has 6 nitrogen and oxygen atoms in total. The molecule has 2 aromatic rings. The van der Waals surface area contributed by atoms with E-state index in [0.717, 1.165) is 0 Å². The van der Waals surface area contributed by atoms with Gasteiger partial charge in [-0.15, -0.1) is 0 Å². The first-order valence-corrected chi connectivity index (χ1v) is 9.25. The molecular formula is C19H16Br2O6. The fourth-order valence-corrected chi connectivity index (χ4v) is 3.29. The van der Waals surface area contributed by atoms with Crippen molar-refractivity contribution in [2.75, 3.05) is 0 Å². The number of ketones is 1. The van der Waals surface area contributed by atoms with E-state index in [9.17, 15) is 19.8 Å². The van der Waals surface area contributed by atoms with Crippen molar-refractivity contribution in [2.24, 2.45) is 0 Å². The lowest BCUT2D eigenvalue weighted by Gasteiger charge is -2.21. The zero-order valence-corrected chi connectivity index (χ0v) is 17.5. The number of carboxylic acids is 1. The van der Waals surface area contributed by atoms with Crippen LogP contribution in [-0.2, 0) is 4.79 Å². The van der Waals surface area contributed by atoms with Crippen molar-refractivity contribution in [3.63, 3.8) is 0 Å². The average molecular weight is 500 g/mol. The molecule has 0 aliphatic rings. The first-order valence-electron chi connectivity index (χ1n) is 7.67. The smallest absolute Gasteiger partial charge is 0.347 e. The molecule has 0 bridgehead atoms. The molecule has 0 aliphatic heterocycles. The van der Waals surface area contributed by atoms with E-state index in [1.807, 2.05) is 0 Å². The monoisotopic (exact) mass is 498 g/mol. The van der Waals surface area contributed by atoms with Gasteiger partial charge in [-0.3, -0.25) is 4.79 Å². The average Bonchev–Trinajstić information content (AvgIpc) is 2.57. The summed E-state index contributed by atoms with van der Waals surface area (Å²) < 4.78 is 6.26. The predicted molar refractivity (Wildman–Crippen MR) is 107 cm³/mol. The minimum Gasteiger partial charge on any atom is -0.507 e. The maximum Gasteiger partial charge on any atom is 0.347 e. The predicted octanol–water partition coefficient (Wildman–Crippen LogP) is 4.76. The van der Waals surface area contributed by atoms with Gasteiger partial charge < -0.3 is 20.1 Å². The number of benzene rings is 2. The fraction of sp³-hybridized carbons (Fsp3) is 0.158. The van der Waals surface area contributed by atoms with E-state index in [1.54, 1.807) is 12.1 Å². The summed E-state index contributed by atoms with van der Waals surface area (Å²) in [6.07, 6.45) is 2.82. The zero-order valence-electron chi connectivity index (χ0n) is 14.4. The van der Waals surface area contributed by atoms with Crippen LogP contribution in [0.1, 0.15) is 29.8 Å². The number of hydrogen-bond donors (Lipinski definition) is 3. The fourth-order valence-electron chi connectivity index (χ4n) is 2.06. The van der Waals surface area contributed by atoms with E-state index >= 15 is 0 Å². The Balaban J connectivity index is 2.21. The standard InChI is InChI=1S/C19H16Br2O6/c1-19(2,18(25)26)27-11-4-5-12(16(23)9-11)15(22)6-3-10-7-13(20)17(24)14(21)8-10/h3-9,23-24H,1-2H3,(H,25,26). The number of phenolic OH excluding ortho intramolecular Hbond substituents is 2. The molecular weight excluding hydrogens is 484 g/mol. The number of aliphatic carboxylic acids is 1. The highest BCUT2D eigenvalue weighted by Crippen LogP contribution is 2.34. The van der Waals surface area contributed by atoms with Gasteiger partial charge in [-0.1, -0.05) is 6.08 Å². The first kappa shape index (κ1) is 21.0. The summed E-state index contributed by atoms with van der Waals surface area (Å²) in [6.45, 7) is 2.75. The normalized spacial score (nSPS) is 11.6. The van der Waals surface area contributed by atoms with Crippen LogP contribution in [0.2, 0.25) is 0 Å². The second-order valence-corrected chi connectivity index (χ2v) is 7.84. The Morgan fingerprint density at radius 2 is 1.67 bits per heavy atom. The van der Waals surface area contributed by atoms with Gasteiger partial charge in [0.25, 0.3) is 0 Å². The van der Waals surface area contributed by atoms with Crippen LogP contribution in [-0.4, -0.2) is 32.7 Å². The van der Waals surface area contributed by atoms with Crippen LogP contribution < -0.4 is 4.74 Å². The molecule has 142 valence electrons. The highest BCUT2D eigenvalue weighted by molar-refractivity contribution is 9.11. The van der Waals surface area contributed by atoms with E-state index in [0.29, 0.717) is 14.5 Å². The molecule has 0 heterocycles. The van der Waals surface area contributed by atoms with Gasteiger partial charge in [-0.25, -0.2) is 4.79 Å². The maximum atomic E-state index is 12.3. The molecule has 2 aromatic carbocycles. The van der Waals surface area contributed by atoms with E-state index in [1.165, 1.54) is 44.2 Å². The van der Waals surface area contributed by atoms with Crippen LogP contribution in [0.25, 0.3) is 6.08 Å². The lowest BCUT2D eigenvalue weighted by molar-refractivity contribution is -0.152. The van der Waals surface area contributed by atoms with Crippen molar-refractivity contribution in [3.8, 4) is 17.2 Å². The molecule has 0 spiro atoms. The second-order valence-electron chi connectivity index (χ2n) is 6.13. The molecule has 0 radical (unpaired) electrons. The number of allylic oxidation sites excluding steroid dienone is 1. The zero-order chi connectivity index (χ0) is 20.4. The lowest BCUT2D eigenvalue weighted by Crippen LogP contribution is -2.37. The van der Waals surface area contributed by atoms with E-state index in [4.69, 9.17) is 9.84 Å². The van der Waals surface area contributed by atoms with Crippen LogP contribution in [0.5, 0.6) is 17.2 Å². The summed E-state index contributed by atoms with van der Waals surface area (Å²) in [6, 6.07) is 7.24. The number of carboxylic acid groups (broad SMARTS) is 1. The topological polar surface area (TPSA) is 104 Å². The summed E-state index contributed by atoms with van der Waals surface area (Å²) in [5, 5.41) is 28.9. The molecule has 0 saturated heterocycles. The summed E-state index contributed by atoms with van der Waals surface area (Å²) in [5.41, 5.74) is -0.775. The van der Waals surface area contributed by atoms with Gasteiger partial charge in [0, 0.05) is 6.07 Å². The Kier molecular flexibility index (Phi) is 6.33. The number of carbonyl (C=O) groups excluding carboxylic acids is 1. The van der Waals surface area contributed by atoms with Gasteiger partial charge in [-0.2, -0.15) is 0 Å². The van der Waals surface area contributed by atoms with Crippen molar-refractivity contribution in [3.05, 3.63) is 56.5 Å². The quantitative estimate of drug-likeness (QED) is 0.391. The highest BCUT2D eigenvalue weighted by atomic mass is 79.9. The minimum absolute atomic E-state index is 0.0450. The van der Waals surface area contributed by atoms with E-state index < -0.39 is 17.4 Å². The van der Waals surface area contributed by atoms with E-state index in [2.05, 4.69) is 31.9 Å². The molecule has 0 fully saturated rings. The van der Waals surface area contributed by atoms with Gasteiger partial charge in [0.15, 0.2) is 11.4 Å². The van der Waals surface area contributed by atoms with Gasteiger partial charge in [0.2, 0.25) is 0 Å². The molecule has 3 N–H and O–H groups in total. The molecule has 0 unspecified atom stereocenters. The van der Waals surface area contributed by atoms with Gasteiger partial charge >= 0.3 is 5.97 Å². The number of carbonyl (C=O) groups is 2. The second kappa shape index (κ2) is 8.14. The Bertz CT molecular complexity index is 911. The molecule has 8 heteroatoms. The van der Waals surface area contributed by atoms with Crippen LogP contribution in [0.4, 0.5) is 0 Å². The number of ether oxygens (including phenoxy) is 1. The number of halogens is 2. The molecule has 0 amide bonds. The molecule has 0 saturated carbocycles. The third-order valence-corrected chi connectivity index (χ3v) is 4.80.